The Bertz CT molecular complexity index is 352. The Kier molecular flexibility index (Phi) is 3.06. The van der Waals surface area contributed by atoms with E-state index in [2.05, 4.69) is 4.99 Å². The topological polar surface area (TPSA) is 49.7 Å². The molecule has 1 aromatic rings. The van der Waals surface area contributed by atoms with E-state index in [9.17, 15) is 4.79 Å². The lowest BCUT2D eigenvalue weighted by molar-refractivity contribution is -0.129. The molecule has 0 bridgehead atoms. The van der Waals surface area contributed by atoms with Crippen molar-refractivity contribution in [2.24, 2.45) is 4.99 Å². The monoisotopic (exact) mass is 211 g/mol. The van der Waals surface area contributed by atoms with Gasteiger partial charge in [-0.25, -0.2) is 4.79 Å². The molecule has 4 heteroatoms. The number of carbonyl (C=O) groups is 1. The molecular weight excluding hydrogens is 198 g/mol. The molecule has 0 aromatic carbocycles. The van der Waals surface area contributed by atoms with E-state index >= 15 is 0 Å². The van der Waals surface area contributed by atoms with Crippen LogP contribution in [0.3, 0.4) is 0 Å². The fraction of sp³-hybridized carbons (Fsp3) is 0.400. The molecule has 14 heavy (non-hydrogen) atoms. The van der Waals surface area contributed by atoms with Crippen LogP contribution in [0.25, 0.3) is 0 Å². The van der Waals surface area contributed by atoms with Crippen molar-refractivity contribution >= 4 is 23.0 Å². The maximum Gasteiger partial charge on any atom is 0.350 e. The van der Waals surface area contributed by atoms with Crippen LogP contribution in [0.4, 0.5) is 0 Å². The van der Waals surface area contributed by atoms with Crippen molar-refractivity contribution < 1.29 is 9.90 Å². The van der Waals surface area contributed by atoms with Crippen LogP contribution in [0.1, 0.15) is 18.7 Å². The minimum atomic E-state index is -0.953. The van der Waals surface area contributed by atoms with E-state index in [0.29, 0.717) is 0 Å². The Hall–Kier alpha value is -1.16. The third-order valence-electron chi connectivity index (χ3n) is 2.16. The van der Waals surface area contributed by atoms with Crippen LogP contribution in [0.15, 0.2) is 22.5 Å². The standard InChI is InChI=1S/C10H13NO2S/c1-10(2,7-5-4-6-14-7)8(11-3)9(12)13/h4-6H,1-3H3,(H,12,13). The zero-order chi connectivity index (χ0) is 10.8. The maximum absolute atomic E-state index is 10.9. The smallest absolute Gasteiger partial charge is 0.350 e. The van der Waals surface area contributed by atoms with Gasteiger partial charge in [-0.3, -0.25) is 4.99 Å². The first-order valence-corrected chi connectivity index (χ1v) is 5.12. The second-order valence-electron chi connectivity index (χ2n) is 3.48. The molecule has 0 spiro atoms. The molecule has 1 rings (SSSR count). The predicted octanol–water partition coefficient (Wildman–Crippen LogP) is 2.18. The van der Waals surface area contributed by atoms with Crippen molar-refractivity contribution in [3.63, 3.8) is 0 Å². The van der Waals surface area contributed by atoms with Crippen LogP contribution < -0.4 is 0 Å². The van der Waals surface area contributed by atoms with Gasteiger partial charge in [0.15, 0.2) is 0 Å². The Morgan fingerprint density at radius 3 is 2.57 bits per heavy atom. The quantitative estimate of drug-likeness (QED) is 0.779. The van der Waals surface area contributed by atoms with Gasteiger partial charge in [-0.2, -0.15) is 0 Å². The number of aliphatic carboxylic acids is 1. The Labute approximate surface area is 87.1 Å². The average Bonchev–Trinajstić information content (AvgIpc) is 2.55. The number of thiophene rings is 1. The van der Waals surface area contributed by atoms with Gasteiger partial charge in [-0.05, 0) is 25.3 Å². The summed E-state index contributed by atoms with van der Waals surface area (Å²) in [6.07, 6.45) is 0. The van der Waals surface area contributed by atoms with E-state index in [1.165, 1.54) is 7.05 Å². The summed E-state index contributed by atoms with van der Waals surface area (Å²) in [4.78, 5) is 15.8. The molecule has 0 amide bonds. The number of aliphatic imine (C=N–C) groups is 1. The summed E-state index contributed by atoms with van der Waals surface area (Å²) in [5.74, 6) is -0.953. The number of nitrogens with zero attached hydrogens (tertiary/aromatic N) is 1. The molecule has 0 unspecified atom stereocenters. The Morgan fingerprint density at radius 1 is 1.57 bits per heavy atom. The van der Waals surface area contributed by atoms with Gasteiger partial charge in [0.2, 0.25) is 0 Å². The third kappa shape index (κ3) is 1.85. The van der Waals surface area contributed by atoms with E-state index in [1.54, 1.807) is 11.3 Å². The van der Waals surface area contributed by atoms with Gasteiger partial charge in [-0.15, -0.1) is 11.3 Å². The Balaban J connectivity index is 3.13. The highest BCUT2D eigenvalue weighted by atomic mass is 32.1. The molecule has 1 aromatic heterocycles. The molecule has 0 fully saturated rings. The molecule has 0 aliphatic carbocycles. The minimum Gasteiger partial charge on any atom is -0.477 e. The van der Waals surface area contributed by atoms with Gasteiger partial charge in [0, 0.05) is 17.3 Å². The van der Waals surface area contributed by atoms with Gasteiger partial charge in [-0.1, -0.05) is 6.07 Å². The first-order chi connectivity index (χ1) is 6.50. The fourth-order valence-corrected chi connectivity index (χ4v) is 2.25. The second kappa shape index (κ2) is 3.92. The molecule has 76 valence electrons. The highest BCUT2D eigenvalue weighted by molar-refractivity contribution is 7.10. The molecule has 1 heterocycles. The SMILES string of the molecule is CN=C(C(=O)O)C(C)(C)c1cccs1. The fourth-order valence-electron chi connectivity index (χ4n) is 1.39. The van der Waals surface area contributed by atoms with Gasteiger partial charge in [0.1, 0.15) is 5.71 Å². The molecular formula is C10H13NO2S. The molecule has 0 aliphatic rings. The van der Waals surface area contributed by atoms with E-state index < -0.39 is 11.4 Å². The van der Waals surface area contributed by atoms with Gasteiger partial charge >= 0.3 is 5.97 Å². The van der Waals surface area contributed by atoms with E-state index in [-0.39, 0.29) is 5.71 Å². The summed E-state index contributed by atoms with van der Waals surface area (Å²) in [6.45, 7) is 3.74. The van der Waals surface area contributed by atoms with Crippen molar-refractivity contribution in [2.75, 3.05) is 7.05 Å². The molecule has 3 nitrogen and oxygen atoms in total. The van der Waals surface area contributed by atoms with Crippen LogP contribution in [0, 0.1) is 0 Å². The van der Waals surface area contributed by atoms with Gasteiger partial charge < -0.3 is 5.11 Å². The number of hydrogen-bond donors (Lipinski definition) is 1. The van der Waals surface area contributed by atoms with Crippen molar-refractivity contribution in [1.29, 1.82) is 0 Å². The van der Waals surface area contributed by atoms with Gasteiger partial charge in [0.05, 0.1) is 0 Å². The molecule has 0 saturated carbocycles. The summed E-state index contributed by atoms with van der Waals surface area (Å²) in [7, 11) is 1.51. The van der Waals surface area contributed by atoms with Gasteiger partial charge in [0.25, 0.3) is 0 Å². The lowest BCUT2D eigenvalue weighted by atomic mass is 9.85. The van der Waals surface area contributed by atoms with Crippen LogP contribution in [-0.4, -0.2) is 23.8 Å². The number of carboxylic acids is 1. The van der Waals surface area contributed by atoms with Crippen LogP contribution in [0.5, 0.6) is 0 Å². The largest absolute Gasteiger partial charge is 0.477 e. The van der Waals surface area contributed by atoms with Crippen molar-refractivity contribution in [1.82, 2.24) is 0 Å². The minimum absolute atomic E-state index is 0.194. The van der Waals surface area contributed by atoms with E-state index in [4.69, 9.17) is 5.11 Å². The normalized spacial score (nSPS) is 12.9. The average molecular weight is 211 g/mol. The van der Waals surface area contributed by atoms with Crippen LogP contribution in [-0.2, 0) is 10.2 Å². The highest BCUT2D eigenvalue weighted by Crippen LogP contribution is 2.29. The van der Waals surface area contributed by atoms with Crippen molar-refractivity contribution in [3.8, 4) is 0 Å². The second-order valence-corrected chi connectivity index (χ2v) is 4.43. The zero-order valence-electron chi connectivity index (χ0n) is 8.44. The number of rotatable bonds is 3. The Morgan fingerprint density at radius 2 is 2.21 bits per heavy atom. The first kappa shape index (κ1) is 10.9. The summed E-state index contributed by atoms with van der Waals surface area (Å²) in [5, 5.41) is 10.9. The number of carboxylic acid groups (broad SMARTS) is 1. The maximum atomic E-state index is 10.9. The zero-order valence-corrected chi connectivity index (χ0v) is 9.26. The number of hydrogen-bond acceptors (Lipinski definition) is 3. The highest BCUT2D eigenvalue weighted by Gasteiger charge is 2.32. The molecule has 1 N–H and O–H groups in total. The summed E-state index contributed by atoms with van der Waals surface area (Å²) in [5.41, 5.74) is -0.325. The lowest BCUT2D eigenvalue weighted by Crippen LogP contribution is -2.34. The van der Waals surface area contributed by atoms with Crippen LogP contribution >= 0.6 is 11.3 Å². The summed E-state index contributed by atoms with van der Waals surface area (Å²) >= 11 is 1.55. The van der Waals surface area contributed by atoms with Crippen molar-refractivity contribution in [2.45, 2.75) is 19.3 Å². The van der Waals surface area contributed by atoms with E-state index in [1.807, 2.05) is 31.4 Å². The summed E-state index contributed by atoms with van der Waals surface area (Å²) in [6, 6.07) is 3.84. The van der Waals surface area contributed by atoms with Crippen molar-refractivity contribution in [3.05, 3.63) is 22.4 Å². The molecule has 0 radical (unpaired) electrons. The molecule has 0 aliphatic heterocycles. The first-order valence-electron chi connectivity index (χ1n) is 4.24. The van der Waals surface area contributed by atoms with E-state index in [0.717, 1.165) is 4.88 Å². The van der Waals surface area contributed by atoms with Crippen LogP contribution in [0.2, 0.25) is 0 Å². The summed E-state index contributed by atoms with van der Waals surface area (Å²) < 4.78 is 0. The predicted molar refractivity (Wildman–Crippen MR) is 58.3 cm³/mol. The molecule has 0 saturated heterocycles. The molecule has 0 atom stereocenters. The lowest BCUT2D eigenvalue weighted by Gasteiger charge is -2.22. The third-order valence-corrected chi connectivity index (χ3v) is 3.35.